The van der Waals surface area contributed by atoms with Crippen LogP contribution in [0, 0.1) is 0 Å². The fourth-order valence-corrected chi connectivity index (χ4v) is 16.5. The Morgan fingerprint density at radius 3 is 1.24 bits per heavy atom. The van der Waals surface area contributed by atoms with E-state index < -0.39 is 8.07 Å². The highest BCUT2D eigenvalue weighted by atomic mass is 28.3. The topological polar surface area (TPSA) is 14.8 Å². The van der Waals surface area contributed by atoms with Gasteiger partial charge in [-0.3, -0.25) is 0 Å². The first-order valence-corrected chi connectivity index (χ1v) is 26.2. The van der Waals surface area contributed by atoms with Crippen molar-refractivity contribution in [1.29, 1.82) is 0 Å². The van der Waals surface area contributed by atoms with E-state index in [4.69, 9.17) is 0 Å². The molecule has 0 N–H and O–H groups in total. The molecule has 11 aromatic carbocycles. The zero-order chi connectivity index (χ0) is 46.2. The summed E-state index contributed by atoms with van der Waals surface area (Å²) in [7, 11) is -2.68. The van der Waals surface area contributed by atoms with Crippen LogP contribution in [0.1, 0.15) is 0 Å². The van der Waals surface area contributed by atoms with E-state index in [1.54, 1.807) is 0 Å². The molecule has 0 radical (unpaired) electrons. The molecule has 0 amide bonds. The Bertz CT molecular complexity index is 4170. The Kier molecular flexibility index (Phi) is 9.23. The van der Waals surface area contributed by atoms with Crippen molar-refractivity contribution in [1.82, 2.24) is 13.7 Å². The number of hydrogen-bond acceptors (Lipinski definition) is 0. The molecular weight excluding hydrogens is 863 g/mol. The van der Waals surface area contributed by atoms with E-state index in [9.17, 15) is 0 Å². The summed E-state index contributed by atoms with van der Waals surface area (Å²) in [5.41, 5.74) is 12.9. The van der Waals surface area contributed by atoms with Gasteiger partial charge in [0.1, 0.15) is 0 Å². The van der Waals surface area contributed by atoms with Gasteiger partial charge in [0.2, 0.25) is 0 Å². The van der Waals surface area contributed by atoms with Crippen molar-refractivity contribution in [3.05, 3.63) is 273 Å². The lowest BCUT2D eigenvalue weighted by atomic mass is 10.0. The minimum Gasteiger partial charge on any atom is -0.309 e. The predicted octanol–water partition coefficient (Wildman–Crippen LogP) is 14.0. The molecule has 4 heteroatoms. The van der Waals surface area contributed by atoms with Crippen LogP contribution in [0.3, 0.4) is 0 Å². The molecule has 0 aliphatic carbocycles. The van der Waals surface area contributed by atoms with Gasteiger partial charge in [-0.1, -0.05) is 206 Å². The number of rotatable bonds is 8. The fraction of sp³-hybridized carbons (Fsp3) is 0. The fourth-order valence-electron chi connectivity index (χ4n) is 11.8. The number of fused-ring (bicyclic) bond motifs is 9. The second-order valence-corrected chi connectivity index (χ2v) is 22.2. The van der Waals surface area contributed by atoms with Crippen LogP contribution in [0.5, 0.6) is 0 Å². The first kappa shape index (κ1) is 40.1. The van der Waals surface area contributed by atoms with Crippen molar-refractivity contribution in [3.8, 4) is 28.2 Å². The van der Waals surface area contributed by atoms with Crippen LogP contribution in [-0.4, -0.2) is 21.8 Å². The van der Waals surface area contributed by atoms with E-state index in [2.05, 4.69) is 287 Å². The Balaban J connectivity index is 0.965. The van der Waals surface area contributed by atoms with Gasteiger partial charge < -0.3 is 13.7 Å². The summed E-state index contributed by atoms with van der Waals surface area (Å²) < 4.78 is 7.44. The van der Waals surface area contributed by atoms with Gasteiger partial charge in [0.15, 0.2) is 8.07 Å². The minimum absolute atomic E-state index is 1.13. The van der Waals surface area contributed by atoms with Crippen LogP contribution >= 0.6 is 0 Å². The van der Waals surface area contributed by atoms with Gasteiger partial charge in [0, 0.05) is 43.7 Å². The van der Waals surface area contributed by atoms with E-state index in [1.807, 2.05) is 0 Å². The maximum Gasteiger partial charge on any atom is 0.179 e. The molecule has 70 heavy (non-hydrogen) atoms. The van der Waals surface area contributed by atoms with Crippen LogP contribution in [-0.2, 0) is 0 Å². The van der Waals surface area contributed by atoms with Crippen LogP contribution in [0.4, 0.5) is 0 Å². The molecule has 14 rings (SSSR count). The van der Waals surface area contributed by atoms with E-state index in [0.29, 0.717) is 0 Å². The number of hydrogen-bond donors (Lipinski definition) is 0. The Morgan fingerprint density at radius 1 is 0.229 bits per heavy atom. The third-order valence-electron chi connectivity index (χ3n) is 14.8. The zero-order valence-electron chi connectivity index (χ0n) is 38.3. The second-order valence-electron chi connectivity index (χ2n) is 18.4. The Morgan fingerprint density at radius 2 is 0.643 bits per heavy atom. The number of aromatic nitrogens is 3. The molecule has 0 unspecified atom stereocenters. The summed E-state index contributed by atoms with van der Waals surface area (Å²) in [5, 5.41) is 12.8. The first-order chi connectivity index (χ1) is 34.8. The molecule has 0 aliphatic rings. The molecule has 3 nitrogen and oxygen atoms in total. The lowest BCUT2D eigenvalue weighted by Gasteiger charge is -2.34. The molecule has 0 saturated carbocycles. The summed E-state index contributed by atoms with van der Waals surface area (Å²) in [5.74, 6) is 0. The van der Waals surface area contributed by atoms with Gasteiger partial charge in [0.25, 0.3) is 0 Å². The first-order valence-electron chi connectivity index (χ1n) is 24.2. The van der Waals surface area contributed by atoms with Gasteiger partial charge in [-0.05, 0) is 98.6 Å². The van der Waals surface area contributed by atoms with E-state index in [0.717, 1.165) is 17.1 Å². The molecule has 0 bridgehead atoms. The molecule has 3 aromatic heterocycles. The quantitative estimate of drug-likeness (QED) is 0.107. The molecule has 328 valence electrons. The highest BCUT2D eigenvalue weighted by molar-refractivity contribution is 7.19. The molecule has 0 fully saturated rings. The molecule has 0 saturated heterocycles. The Labute approximate surface area is 407 Å². The highest BCUT2D eigenvalue weighted by Crippen LogP contribution is 2.42. The van der Waals surface area contributed by atoms with Crippen molar-refractivity contribution in [2.45, 2.75) is 0 Å². The smallest absolute Gasteiger partial charge is 0.179 e. The van der Waals surface area contributed by atoms with Gasteiger partial charge in [-0.15, -0.1) is 0 Å². The van der Waals surface area contributed by atoms with Crippen LogP contribution in [0.25, 0.3) is 93.6 Å². The zero-order valence-corrected chi connectivity index (χ0v) is 39.3. The molecule has 0 aliphatic heterocycles. The van der Waals surface area contributed by atoms with Crippen LogP contribution in [0.15, 0.2) is 273 Å². The molecular formula is C66H45N3Si. The normalized spacial score (nSPS) is 12.0. The van der Waals surface area contributed by atoms with Gasteiger partial charge in [-0.2, -0.15) is 0 Å². The third-order valence-corrected chi connectivity index (χ3v) is 19.6. The number of nitrogens with zero attached hydrogens (tertiary/aromatic N) is 3. The molecule has 0 atom stereocenters. The lowest BCUT2D eigenvalue weighted by Crippen LogP contribution is -2.74. The van der Waals surface area contributed by atoms with Crippen molar-refractivity contribution < 1.29 is 0 Å². The van der Waals surface area contributed by atoms with Crippen molar-refractivity contribution in [2.24, 2.45) is 0 Å². The molecule has 3 heterocycles. The summed E-state index contributed by atoms with van der Waals surface area (Å²) in [6.45, 7) is 0. The number of benzene rings is 11. The van der Waals surface area contributed by atoms with E-state index in [-0.39, 0.29) is 0 Å². The average Bonchev–Trinajstić information content (AvgIpc) is 4.08. The predicted molar refractivity (Wildman–Crippen MR) is 299 cm³/mol. The maximum atomic E-state index is 2.50. The minimum atomic E-state index is -2.68. The van der Waals surface area contributed by atoms with Gasteiger partial charge in [0.05, 0.1) is 38.8 Å². The third kappa shape index (κ3) is 6.00. The van der Waals surface area contributed by atoms with E-state index in [1.165, 1.54) is 97.3 Å². The SMILES string of the molecule is c1ccc(-c2ccc3c(c2)c2ccccc2n3-c2cccc3c4ccccc4n(-c4ccc5c(c4)c4ccccc4n5-c4ccc([Si](c5ccccc5)(c5ccccc5)c5ccccc5)cc4)c23)cc1. The average molecular weight is 908 g/mol. The van der Waals surface area contributed by atoms with Crippen molar-refractivity contribution >= 4 is 94.2 Å². The summed E-state index contributed by atoms with van der Waals surface area (Å²) in [6, 6.07) is 101. The van der Waals surface area contributed by atoms with Crippen molar-refractivity contribution in [3.63, 3.8) is 0 Å². The Hall–Kier alpha value is -8.96. The summed E-state index contributed by atoms with van der Waals surface area (Å²) in [6.07, 6.45) is 0. The highest BCUT2D eigenvalue weighted by Gasteiger charge is 2.41. The van der Waals surface area contributed by atoms with Crippen molar-refractivity contribution in [2.75, 3.05) is 0 Å². The molecule has 0 spiro atoms. The lowest BCUT2D eigenvalue weighted by molar-refractivity contribution is 1.13. The largest absolute Gasteiger partial charge is 0.309 e. The van der Waals surface area contributed by atoms with Crippen LogP contribution in [0.2, 0.25) is 0 Å². The van der Waals surface area contributed by atoms with Crippen LogP contribution < -0.4 is 20.7 Å². The van der Waals surface area contributed by atoms with Gasteiger partial charge >= 0.3 is 0 Å². The standard InChI is InChI=1S/C66H45N3Si/c1-5-20-46(21-6-1)47-36-42-64-58(44-47)55-29-15-18-34-62(55)69(64)65-35-19-31-57-54-28-13-17-33-61(54)68(66(57)65)49-39-43-63-59(45-49)56-30-14-16-32-60(56)67(63)48-37-40-53(41-38-48)70(50-22-7-2-8-23-50,51-24-9-3-10-25-51)52-26-11-4-12-27-52/h1-45H. The molecule has 14 aromatic rings. The number of para-hydroxylation sites is 4. The van der Waals surface area contributed by atoms with Gasteiger partial charge in [-0.25, -0.2) is 0 Å². The maximum absolute atomic E-state index is 2.68. The summed E-state index contributed by atoms with van der Waals surface area (Å²) >= 11 is 0. The summed E-state index contributed by atoms with van der Waals surface area (Å²) in [4.78, 5) is 0. The van der Waals surface area contributed by atoms with E-state index >= 15 is 0 Å². The monoisotopic (exact) mass is 907 g/mol. The second kappa shape index (κ2) is 16.1.